The summed E-state index contributed by atoms with van der Waals surface area (Å²) in [6.07, 6.45) is 5.84. The molecule has 0 fully saturated rings. The van der Waals surface area contributed by atoms with Gasteiger partial charge >= 0.3 is 0 Å². The number of thioether (sulfide) groups is 1. The van der Waals surface area contributed by atoms with Gasteiger partial charge < -0.3 is 10.1 Å². The van der Waals surface area contributed by atoms with Gasteiger partial charge in [0.05, 0.1) is 22.8 Å². The lowest BCUT2D eigenvalue weighted by atomic mass is 10.0. The number of rotatable bonds is 5. The van der Waals surface area contributed by atoms with Crippen molar-refractivity contribution in [3.8, 4) is 17.0 Å². The fourth-order valence-electron chi connectivity index (χ4n) is 3.28. The van der Waals surface area contributed by atoms with Crippen LogP contribution in [0, 0.1) is 6.92 Å². The number of fused-ring (bicyclic) bond motifs is 1. The number of nitrogens with zero attached hydrogens (tertiary/aromatic N) is 3. The molecule has 0 saturated carbocycles. The monoisotopic (exact) mass is 426 g/mol. The van der Waals surface area contributed by atoms with Crippen molar-refractivity contribution in [1.29, 1.82) is 0 Å². The van der Waals surface area contributed by atoms with Gasteiger partial charge in [-0.05, 0) is 43.5 Å². The van der Waals surface area contributed by atoms with Crippen molar-refractivity contribution in [2.75, 3.05) is 12.8 Å². The molecule has 0 bridgehead atoms. The Morgan fingerprint density at radius 3 is 2.97 bits per heavy atom. The van der Waals surface area contributed by atoms with E-state index in [-0.39, 0.29) is 12.0 Å². The van der Waals surface area contributed by atoms with Gasteiger partial charge in [0.25, 0.3) is 5.91 Å². The summed E-state index contributed by atoms with van der Waals surface area (Å²) >= 11 is 7.97. The molecule has 2 aromatic heterocycles. The number of carbonyl (C=O) groups is 1. The highest BCUT2D eigenvalue weighted by Gasteiger charge is 2.27. The molecule has 29 heavy (non-hydrogen) atoms. The predicted octanol–water partition coefficient (Wildman–Crippen LogP) is 3.96. The van der Waals surface area contributed by atoms with Crippen molar-refractivity contribution in [2.45, 2.75) is 24.6 Å². The number of halogens is 1. The molecular formula is C21H19ClN4O2S. The van der Waals surface area contributed by atoms with Crippen molar-refractivity contribution in [3.05, 3.63) is 64.6 Å². The fraction of sp³-hybridized carbons (Fsp3) is 0.238. The van der Waals surface area contributed by atoms with E-state index in [2.05, 4.69) is 20.3 Å². The summed E-state index contributed by atoms with van der Waals surface area (Å²) < 4.78 is 5.99. The van der Waals surface area contributed by atoms with Gasteiger partial charge in [0, 0.05) is 35.6 Å². The number of hydrogen-bond donors (Lipinski definition) is 1. The maximum absolute atomic E-state index is 12.4. The van der Waals surface area contributed by atoms with Crippen LogP contribution in [0.15, 0.2) is 47.9 Å². The molecule has 3 heterocycles. The van der Waals surface area contributed by atoms with Gasteiger partial charge in [-0.2, -0.15) is 0 Å². The smallest absolute Gasteiger partial charge is 0.253 e. The second-order valence-electron chi connectivity index (χ2n) is 6.67. The summed E-state index contributed by atoms with van der Waals surface area (Å²) in [5, 5.41) is 4.18. The maximum Gasteiger partial charge on any atom is 0.253 e. The average molecular weight is 427 g/mol. The van der Waals surface area contributed by atoms with Crippen LogP contribution in [0.1, 0.15) is 21.6 Å². The van der Waals surface area contributed by atoms with E-state index in [1.807, 2.05) is 31.4 Å². The van der Waals surface area contributed by atoms with Crippen molar-refractivity contribution < 1.29 is 9.53 Å². The summed E-state index contributed by atoms with van der Waals surface area (Å²) in [5.74, 6) is 0.513. The molecule has 3 aromatic rings. The molecular weight excluding hydrogens is 408 g/mol. The molecule has 0 radical (unpaired) electrons. The van der Waals surface area contributed by atoms with E-state index < -0.39 is 0 Å². The molecule has 6 nitrogen and oxygen atoms in total. The first-order chi connectivity index (χ1) is 14.0. The molecule has 8 heteroatoms. The van der Waals surface area contributed by atoms with E-state index in [0.29, 0.717) is 40.2 Å². The first-order valence-electron chi connectivity index (χ1n) is 9.11. The van der Waals surface area contributed by atoms with Crippen LogP contribution in [0.25, 0.3) is 11.3 Å². The lowest BCUT2D eigenvalue weighted by Gasteiger charge is -2.13. The summed E-state index contributed by atoms with van der Waals surface area (Å²) in [6.45, 7) is 2.20. The number of pyridine rings is 1. The van der Waals surface area contributed by atoms with Crippen LogP contribution in [0.3, 0.4) is 0 Å². The van der Waals surface area contributed by atoms with Crippen molar-refractivity contribution >= 4 is 29.3 Å². The first kappa shape index (κ1) is 19.7. The van der Waals surface area contributed by atoms with Crippen LogP contribution >= 0.6 is 23.4 Å². The Balaban J connectivity index is 1.47. The SMILES string of the molecule is CSc1nccc(-c2cc(Cl)c3c(c2)CC(CNC(=O)c2cccnc2C)O3)n1. The van der Waals surface area contributed by atoms with Crippen LogP contribution in [-0.4, -0.2) is 39.8 Å². The van der Waals surface area contributed by atoms with Gasteiger partial charge in [-0.1, -0.05) is 23.4 Å². The van der Waals surface area contributed by atoms with E-state index in [4.69, 9.17) is 16.3 Å². The molecule has 1 aliphatic rings. The Morgan fingerprint density at radius 2 is 2.17 bits per heavy atom. The number of carbonyl (C=O) groups excluding carboxylic acids is 1. The van der Waals surface area contributed by atoms with Crippen molar-refractivity contribution in [2.24, 2.45) is 0 Å². The Labute approximate surface area is 178 Å². The zero-order chi connectivity index (χ0) is 20.4. The van der Waals surface area contributed by atoms with E-state index in [9.17, 15) is 4.79 Å². The molecule has 0 saturated heterocycles. The van der Waals surface area contributed by atoms with Crippen LogP contribution in [0.5, 0.6) is 5.75 Å². The number of aromatic nitrogens is 3. The number of hydrogen-bond acceptors (Lipinski definition) is 6. The maximum atomic E-state index is 12.4. The van der Waals surface area contributed by atoms with Gasteiger partial charge in [-0.3, -0.25) is 9.78 Å². The highest BCUT2D eigenvalue weighted by molar-refractivity contribution is 7.98. The number of nitrogens with one attached hydrogen (secondary N) is 1. The Kier molecular flexibility index (Phi) is 5.69. The van der Waals surface area contributed by atoms with E-state index in [1.54, 1.807) is 24.5 Å². The number of aryl methyl sites for hydroxylation is 1. The highest BCUT2D eigenvalue weighted by Crippen LogP contribution is 2.39. The van der Waals surface area contributed by atoms with Gasteiger partial charge in [-0.25, -0.2) is 9.97 Å². The molecule has 1 amide bonds. The van der Waals surface area contributed by atoms with Crippen LogP contribution < -0.4 is 10.1 Å². The predicted molar refractivity (Wildman–Crippen MR) is 114 cm³/mol. The molecule has 1 aromatic carbocycles. The Bertz CT molecular complexity index is 1080. The topological polar surface area (TPSA) is 77.0 Å². The minimum atomic E-state index is -0.175. The minimum Gasteiger partial charge on any atom is -0.486 e. The molecule has 0 spiro atoms. The minimum absolute atomic E-state index is 0.160. The lowest BCUT2D eigenvalue weighted by Crippen LogP contribution is -2.34. The van der Waals surface area contributed by atoms with E-state index >= 15 is 0 Å². The van der Waals surface area contributed by atoms with E-state index in [1.165, 1.54) is 11.8 Å². The van der Waals surface area contributed by atoms with Crippen LogP contribution in [0.2, 0.25) is 5.02 Å². The summed E-state index contributed by atoms with van der Waals surface area (Å²) in [7, 11) is 0. The molecule has 0 aliphatic carbocycles. The standard InChI is InChI=1S/C21H19ClN4O2S/c1-12-16(4-3-6-23-12)20(27)25-11-15-9-14-8-13(10-17(22)19(14)28-15)18-5-7-24-21(26-18)29-2/h3-8,10,15H,9,11H2,1-2H3,(H,25,27). The second kappa shape index (κ2) is 8.39. The third kappa shape index (κ3) is 4.21. The van der Waals surface area contributed by atoms with Gasteiger partial charge in [0.15, 0.2) is 5.16 Å². The van der Waals surface area contributed by atoms with Gasteiger partial charge in [0.1, 0.15) is 11.9 Å². The number of benzene rings is 1. The second-order valence-corrected chi connectivity index (χ2v) is 7.85. The van der Waals surface area contributed by atoms with Crippen LogP contribution in [0.4, 0.5) is 0 Å². The quantitative estimate of drug-likeness (QED) is 0.491. The van der Waals surface area contributed by atoms with Crippen molar-refractivity contribution in [3.63, 3.8) is 0 Å². The summed E-state index contributed by atoms with van der Waals surface area (Å²) in [4.78, 5) is 25.3. The normalized spacial score (nSPS) is 14.9. The van der Waals surface area contributed by atoms with Gasteiger partial charge in [0.2, 0.25) is 0 Å². The molecule has 1 aliphatic heterocycles. The Hall–Kier alpha value is -2.64. The largest absolute Gasteiger partial charge is 0.486 e. The zero-order valence-corrected chi connectivity index (χ0v) is 17.5. The first-order valence-corrected chi connectivity index (χ1v) is 10.7. The lowest BCUT2D eigenvalue weighted by molar-refractivity contribution is 0.0932. The molecule has 1 N–H and O–H groups in total. The summed E-state index contributed by atoms with van der Waals surface area (Å²) in [6, 6.07) is 9.27. The van der Waals surface area contributed by atoms with Crippen molar-refractivity contribution in [1.82, 2.24) is 20.3 Å². The molecule has 1 atom stereocenters. The third-order valence-corrected chi connectivity index (χ3v) is 5.55. The number of amides is 1. The fourth-order valence-corrected chi connectivity index (χ4v) is 3.91. The van der Waals surface area contributed by atoms with Crippen LogP contribution in [-0.2, 0) is 6.42 Å². The van der Waals surface area contributed by atoms with E-state index in [0.717, 1.165) is 16.8 Å². The molecule has 1 unspecified atom stereocenters. The zero-order valence-electron chi connectivity index (χ0n) is 16.0. The molecule has 4 rings (SSSR count). The van der Waals surface area contributed by atoms with Gasteiger partial charge in [-0.15, -0.1) is 0 Å². The Morgan fingerprint density at radius 1 is 1.31 bits per heavy atom. The third-order valence-electron chi connectivity index (χ3n) is 4.71. The molecule has 148 valence electrons. The highest BCUT2D eigenvalue weighted by atomic mass is 35.5. The number of ether oxygens (including phenoxy) is 1. The summed E-state index contributed by atoms with van der Waals surface area (Å²) in [5.41, 5.74) is 4.01. The average Bonchev–Trinajstić information content (AvgIpc) is 3.16.